The highest BCUT2D eigenvalue weighted by Crippen LogP contribution is 2.33. The lowest BCUT2D eigenvalue weighted by Crippen LogP contribution is -2.50. The number of carbonyl (C=O) groups is 2. The Morgan fingerprint density at radius 3 is 2.35 bits per heavy atom. The van der Waals surface area contributed by atoms with Crippen LogP contribution < -0.4 is 20.9 Å². The first kappa shape index (κ1) is 25.0. The van der Waals surface area contributed by atoms with Crippen molar-refractivity contribution < 1.29 is 14.3 Å². The lowest BCUT2D eigenvalue weighted by Gasteiger charge is -2.36. The molecule has 2 saturated heterocycles. The van der Waals surface area contributed by atoms with Crippen LogP contribution in [0.15, 0.2) is 29.6 Å². The number of hydrogen-bond acceptors (Lipinski definition) is 10. The molecule has 0 aliphatic carbocycles. The number of nitrogens with one attached hydrogen (secondary N) is 1. The van der Waals surface area contributed by atoms with Crippen molar-refractivity contribution in [3.8, 4) is 0 Å². The third-order valence-electron chi connectivity index (χ3n) is 6.78. The lowest BCUT2D eigenvalue weighted by atomic mass is 10.2. The number of amides is 2. The zero-order valence-corrected chi connectivity index (χ0v) is 22.0. The molecular formula is C25H32N8O3S. The predicted octanol–water partition coefficient (Wildman–Crippen LogP) is 2.56. The Labute approximate surface area is 219 Å². The van der Waals surface area contributed by atoms with Crippen LogP contribution in [-0.4, -0.2) is 97.8 Å². The molecule has 0 radical (unpaired) electrons. The Bertz CT molecular complexity index is 1260. The van der Waals surface area contributed by atoms with E-state index in [2.05, 4.69) is 44.3 Å². The summed E-state index contributed by atoms with van der Waals surface area (Å²) >= 11 is 1.34. The molecule has 2 aromatic heterocycles. The van der Waals surface area contributed by atoms with Gasteiger partial charge >= 0.3 is 12.0 Å². The second-order valence-corrected chi connectivity index (χ2v) is 10.1. The number of nitrogens with two attached hydrogens (primary N) is 1. The van der Waals surface area contributed by atoms with E-state index in [0.717, 1.165) is 31.9 Å². The van der Waals surface area contributed by atoms with E-state index in [1.54, 1.807) is 17.2 Å². The van der Waals surface area contributed by atoms with Crippen molar-refractivity contribution in [2.75, 3.05) is 86.9 Å². The second kappa shape index (κ2) is 10.8. The number of benzene rings is 1. The minimum Gasteiger partial charge on any atom is -0.462 e. The highest BCUT2D eigenvalue weighted by atomic mass is 32.1. The highest BCUT2D eigenvalue weighted by molar-refractivity contribution is 7.17. The summed E-state index contributed by atoms with van der Waals surface area (Å²) in [6.45, 7) is 8.29. The molecule has 196 valence electrons. The molecule has 4 heterocycles. The van der Waals surface area contributed by atoms with E-state index in [-0.39, 0.29) is 18.6 Å². The number of thiophene rings is 1. The minimum absolute atomic E-state index is 0.137. The van der Waals surface area contributed by atoms with Crippen molar-refractivity contribution in [1.82, 2.24) is 19.8 Å². The molecule has 12 heteroatoms. The smallest absolute Gasteiger partial charge is 0.339 e. The lowest BCUT2D eigenvalue weighted by molar-refractivity contribution is 0.0529. The monoisotopic (exact) mass is 524 g/mol. The average molecular weight is 525 g/mol. The van der Waals surface area contributed by atoms with E-state index in [4.69, 9.17) is 10.5 Å². The van der Waals surface area contributed by atoms with Gasteiger partial charge in [0.2, 0.25) is 5.95 Å². The van der Waals surface area contributed by atoms with Crippen LogP contribution in [0.1, 0.15) is 17.3 Å². The molecular weight excluding hydrogens is 492 g/mol. The molecule has 0 unspecified atom stereocenters. The van der Waals surface area contributed by atoms with Gasteiger partial charge in [0.1, 0.15) is 10.6 Å². The summed E-state index contributed by atoms with van der Waals surface area (Å²) in [6.07, 6.45) is 0. The number of aromatic nitrogens is 2. The number of nitrogens with zero attached hydrogens (tertiary/aromatic N) is 6. The van der Waals surface area contributed by atoms with E-state index >= 15 is 0 Å². The SMILES string of the molecule is CCOC(=O)c1csc2nc(N)nc(N3CCN(C(=O)Nc4ccc(N5CCN(C)CC5)cc4)CC3)c12. The molecule has 5 rings (SSSR count). The zero-order valence-electron chi connectivity index (χ0n) is 21.1. The summed E-state index contributed by atoms with van der Waals surface area (Å²) in [6, 6.07) is 7.89. The maximum atomic E-state index is 12.9. The molecule has 0 atom stereocenters. The van der Waals surface area contributed by atoms with Gasteiger partial charge in [-0.2, -0.15) is 4.98 Å². The number of piperazine rings is 2. The summed E-state index contributed by atoms with van der Waals surface area (Å²) in [4.78, 5) is 43.4. The number of likely N-dealkylation sites (N-methyl/N-ethyl adjacent to an activating group) is 1. The molecule has 37 heavy (non-hydrogen) atoms. The topological polar surface area (TPSA) is 120 Å². The first-order valence-electron chi connectivity index (χ1n) is 12.5. The van der Waals surface area contributed by atoms with Gasteiger partial charge in [-0.25, -0.2) is 14.6 Å². The second-order valence-electron chi connectivity index (χ2n) is 9.20. The molecule has 11 nitrogen and oxygen atoms in total. The number of urea groups is 1. The maximum Gasteiger partial charge on any atom is 0.339 e. The van der Waals surface area contributed by atoms with Gasteiger partial charge in [0.15, 0.2) is 0 Å². The fraction of sp³-hybridized carbons (Fsp3) is 0.440. The average Bonchev–Trinajstić information content (AvgIpc) is 3.33. The van der Waals surface area contributed by atoms with Gasteiger partial charge in [-0.1, -0.05) is 0 Å². The summed E-state index contributed by atoms with van der Waals surface area (Å²) in [5.41, 5.74) is 8.35. The van der Waals surface area contributed by atoms with Crippen molar-refractivity contribution in [1.29, 1.82) is 0 Å². The molecule has 1 aromatic carbocycles. The number of rotatable bonds is 5. The van der Waals surface area contributed by atoms with Crippen LogP contribution in [0.2, 0.25) is 0 Å². The Hall–Kier alpha value is -3.64. The van der Waals surface area contributed by atoms with Crippen molar-refractivity contribution in [3.63, 3.8) is 0 Å². The Morgan fingerprint density at radius 1 is 1.00 bits per heavy atom. The van der Waals surface area contributed by atoms with Gasteiger partial charge in [0.25, 0.3) is 0 Å². The first-order valence-corrected chi connectivity index (χ1v) is 13.4. The number of carbonyl (C=O) groups excluding carboxylic acids is 2. The predicted molar refractivity (Wildman–Crippen MR) is 147 cm³/mol. The molecule has 2 aliphatic heterocycles. The van der Waals surface area contributed by atoms with Crippen LogP contribution in [-0.2, 0) is 4.74 Å². The Kier molecular flexibility index (Phi) is 7.28. The van der Waals surface area contributed by atoms with Crippen LogP contribution in [0, 0.1) is 0 Å². The van der Waals surface area contributed by atoms with Crippen molar-refractivity contribution in [2.45, 2.75) is 6.92 Å². The molecule has 0 spiro atoms. The molecule has 0 saturated carbocycles. The fourth-order valence-corrected chi connectivity index (χ4v) is 5.58. The van der Waals surface area contributed by atoms with Crippen LogP contribution in [0.4, 0.5) is 27.9 Å². The Morgan fingerprint density at radius 2 is 1.68 bits per heavy atom. The van der Waals surface area contributed by atoms with Crippen molar-refractivity contribution in [3.05, 3.63) is 35.2 Å². The third kappa shape index (κ3) is 5.39. The van der Waals surface area contributed by atoms with E-state index in [0.29, 0.717) is 47.8 Å². The van der Waals surface area contributed by atoms with Gasteiger partial charge in [0, 0.05) is 69.1 Å². The third-order valence-corrected chi connectivity index (χ3v) is 7.65. The number of anilines is 4. The van der Waals surface area contributed by atoms with Gasteiger partial charge < -0.3 is 35.4 Å². The van der Waals surface area contributed by atoms with Gasteiger partial charge in [-0.05, 0) is 38.2 Å². The maximum absolute atomic E-state index is 12.9. The highest BCUT2D eigenvalue weighted by Gasteiger charge is 2.27. The molecule has 0 bridgehead atoms. The van der Waals surface area contributed by atoms with Gasteiger partial charge in [-0.15, -0.1) is 11.3 Å². The number of hydrogen-bond donors (Lipinski definition) is 2. The summed E-state index contributed by atoms with van der Waals surface area (Å²) in [5, 5.41) is 5.40. The summed E-state index contributed by atoms with van der Waals surface area (Å²) in [7, 11) is 2.14. The standard InChI is InChI=1S/C25H32N8O3S/c1-3-36-23(34)19-16-37-22-20(19)21(28-24(26)29-22)32-12-14-33(15-13-32)25(35)27-17-4-6-18(7-5-17)31-10-8-30(2)9-11-31/h4-7,16H,3,8-15H2,1-2H3,(H,27,35)(H2,26,28,29). The number of esters is 1. The van der Waals surface area contributed by atoms with E-state index < -0.39 is 5.97 Å². The van der Waals surface area contributed by atoms with Crippen LogP contribution in [0.5, 0.6) is 0 Å². The summed E-state index contributed by atoms with van der Waals surface area (Å²) < 4.78 is 5.21. The number of fused-ring (bicyclic) bond motifs is 1. The fourth-order valence-electron chi connectivity index (χ4n) is 4.67. The van der Waals surface area contributed by atoms with Crippen LogP contribution >= 0.6 is 11.3 Å². The van der Waals surface area contributed by atoms with E-state index in [1.165, 1.54) is 17.0 Å². The normalized spacial score (nSPS) is 16.8. The zero-order chi connectivity index (χ0) is 25.9. The van der Waals surface area contributed by atoms with Crippen LogP contribution in [0.3, 0.4) is 0 Å². The van der Waals surface area contributed by atoms with Crippen molar-refractivity contribution in [2.24, 2.45) is 0 Å². The number of ether oxygens (including phenoxy) is 1. The van der Waals surface area contributed by atoms with Gasteiger partial charge in [-0.3, -0.25) is 0 Å². The summed E-state index contributed by atoms with van der Waals surface area (Å²) in [5.74, 6) is 0.353. The molecule has 3 aromatic rings. The van der Waals surface area contributed by atoms with Gasteiger partial charge in [0.05, 0.1) is 17.6 Å². The quantitative estimate of drug-likeness (QED) is 0.485. The molecule has 2 aliphatic rings. The molecule has 2 fully saturated rings. The largest absolute Gasteiger partial charge is 0.462 e. The van der Waals surface area contributed by atoms with E-state index in [9.17, 15) is 9.59 Å². The van der Waals surface area contributed by atoms with E-state index in [1.807, 2.05) is 17.0 Å². The Balaban J connectivity index is 1.22. The molecule has 3 N–H and O–H groups in total. The first-order chi connectivity index (χ1) is 17.9. The number of nitrogen functional groups attached to an aromatic ring is 1. The van der Waals surface area contributed by atoms with Crippen molar-refractivity contribution >= 4 is 56.7 Å². The minimum atomic E-state index is -0.403. The molecule has 2 amide bonds. The van der Waals surface area contributed by atoms with Crippen LogP contribution in [0.25, 0.3) is 10.2 Å².